The van der Waals surface area contributed by atoms with E-state index in [0.717, 1.165) is 25.2 Å². The molecule has 0 amide bonds. The number of pyridine rings is 1. The zero-order chi connectivity index (χ0) is 17.2. The summed E-state index contributed by atoms with van der Waals surface area (Å²) in [5.41, 5.74) is 3.49. The van der Waals surface area contributed by atoms with Gasteiger partial charge in [0.15, 0.2) is 0 Å². The maximum Gasteiger partial charge on any atom is 0.0625 e. The second-order valence-corrected chi connectivity index (χ2v) is 6.10. The molecule has 0 atom stereocenters. The molecule has 0 bridgehead atoms. The van der Waals surface area contributed by atoms with E-state index >= 15 is 0 Å². The Kier molecular flexibility index (Phi) is 6.95. The lowest BCUT2D eigenvalue weighted by molar-refractivity contribution is 0.315. The smallest absolute Gasteiger partial charge is 0.0625 e. The number of hydrogen-bond acceptors (Lipinski definition) is 4. The number of rotatable bonds is 8. The fourth-order valence-corrected chi connectivity index (χ4v) is 2.72. The van der Waals surface area contributed by atoms with Gasteiger partial charge in [-0.15, -0.1) is 0 Å². The lowest BCUT2D eigenvalue weighted by atomic mass is 9.94. The van der Waals surface area contributed by atoms with Gasteiger partial charge >= 0.3 is 0 Å². The van der Waals surface area contributed by atoms with Crippen molar-refractivity contribution >= 4 is 0 Å². The molecule has 122 valence electrons. The van der Waals surface area contributed by atoms with E-state index in [4.69, 9.17) is 10.5 Å². The Labute approximate surface area is 144 Å². The minimum atomic E-state index is 0.123. The number of aromatic nitrogens is 1. The fourth-order valence-electron chi connectivity index (χ4n) is 2.72. The molecular formula is C20H22N4. The third-order valence-corrected chi connectivity index (χ3v) is 3.92. The van der Waals surface area contributed by atoms with Gasteiger partial charge in [-0.3, -0.25) is 9.88 Å². The van der Waals surface area contributed by atoms with Crippen molar-refractivity contribution in [2.45, 2.75) is 32.4 Å². The summed E-state index contributed by atoms with van der Waals surface area (Å²) in [5.74, 6) is 0.123. The van der Waals surface area contributed by atoms with Crippen molar-refractivity contribution in [3.63, 3.8) is 0 Å². The van der Waals surface area contributed by atoms with Crippen LogP contribution in [0, 0.1) is 28.6 Å². The van der Waals surface area contributed by atoms with Gasteiger partial charge in [-0.25, -0.2) is 0 Å². The van der Waals surface area contributed by atoms with Crippen LogP contribution in [0.15, 0.2) is 48.7 Å². The van der Waals surface area contributed by atoms with Crippen LogP contribution < -0.4 is 0 Å². The fraction of sp³-hybridized carbons (Fsp3) is 0.350. The van der Waals surface area contributed by atoms with E-state index in [9.17, 15) is 0 Å². The molecule has 1 aromatic carbocycles. The van der Waals surface area contributed by atoms with Crippen molar-refractivity contribution in [1.29, 1.82) is 10.5 Å². The molecule has 0 aliphatic carbocycles. The molecule has 0 spiro atoms. The third kappa shape index (κ3) is 5.83. The molecule has 0 aliphatic heterocycles. The Balaban J connectivity index is 1.89. The summed E-state index contributed by atoms with van der Waals surface area (Å²) in [6, 6.07) is 18.8. The molecule has 0 fully saturated rings. The van der Waals surface area contributed by atoms with Gasteiger partial charge in [-0.05, 0) is 42.6 Å². The lowest BCUT2D eigenvalue weighted by Gasteiger charge is -2.17. The molecule has 0 unspecified atom stereocenters. The van der Waals surface area contributed by atoms with Crippen LogP contribution in [0.25, 0.3) is 0 Å². The highest BCUT2D eigenvalue weighted by atomic mass is 15.1. The second-order valence-electron chi connectivity index (χ2n) is 6.10. The summed E-state index contributed by atoms with van der Waals surface area (Å²) in [5, 5.41) is 17.7. The maximum absolute atomic E-state index is 8.84. The Morgan fingerprint density at radius 1 is 0.958 bits per heavy atom. The number of hydrogen-bond donors (Lipinski definition) is 0. The number of nitriles is 2. The summed E-state index contributed by atoms with van der Waals surface area (Å²) < 4.78 is 0. The molecule has 1 heterocycles. The summed E-state index contributed by atoms with van der Waals surface area (Å²) in [6.45, 7) is 1.67. The molecule has 4 heteroatoms. The van der Waals surface area contributed by atoms with Gasteiger partial charge < -0.3 is 0 Å². The van der Waals surface area contributed by atoms with E-state index in [1.54, 1.807) is 0 Å². The Morgan fingerprint density at radius 3 is 2.21 bits per heavy atom. The third-order valence-electron chi connectivity index (χ3n) is 3.92. The zero-order valence-corrected chi connectivity index (χ0v) is 14.0. The Bertz CT molecular complexity index is 679. The van der Waals surface area contributed by atoms with Crippen molar-refractivity contribution < 1.29 is 0 Å². The first-order valence-corrected chi connectivity index (χ1v) is 8.11. The van der Waals surface area contributed by atoms with Crippen molar-refractivity contribution in [3.05, 3.63) is 65.5 Å². The first-order valence-electron chi connectivity index (χ1n) is 8.11. The minimum Gasteiger partial charge on any atom is -0.296 e. The number of nitrogens with zero attached hydrogens (tertiary/aromatic N) is 4. The number of benzene rings is 1. The van der Waals surface area contributed by atoms with Gasteiger partial charge in [0.1, 0.15) is 0 Å². The zero-order valence-electron chi connectivity index (χ0n) is 14.0. The van der Waals surface area contributed by atoms with Crippen LogP contribution in [0.4, 0.5) is 0 Å². The van der Waals surface area contributed by atoms with Crippen LogP contribution in [-0.4, -0.2) is 16.9 Å². The van der Waals surface area contributed by atoms with Crippen LogP contribution in [0.5, 0.6) is 0 Å². The predicted octanol–water partition coefficient (Wildman–Crippen LogP) is 3.70. The van der Waals surface area contributed by atoms with Gasteiger partial charge in [0, 0.05) is 32.1 Å². The van der Waals surface area contributed by atoms with Crippen LogP contribution in [-0.2, 0) is 19.5 Å². The maximum atomic E-state index is 8.84. The summed E-state index contributed by atoms with van der Waals surface area (Å²) in [6.07, 6.45) is 3.46. The Hall–Kier alpha value is -2.69. The molecule has 24 heavy (non-hydrogen) atoms. The van der Waals surface area contributed by atoms with Gasteiger partial charge in [-0.2, -0.15) is 10.5 Å². The average Bonchev–Trinajstić information content (AvgIpc) is 2.58. The quantitative estimate of drug-likeness (QED) is 0.744. The monoisotopic (exact) mass is 318 g/mol. The van der Waals surface area contributed by atoms with Crippen molar-refractivity contribution in [3.8, 4) is 12.1 Å². The first-order chi connectivity index (χ1) is 11.7. The minimum absolute atomic E-state index is 0.123. The molecule has 4 nitrogen and oxygen atoms in total. The van der Waals surface area contributed by atoms with Crippen LogP contribution in [0.1, 0.15) is 29.7 Å². The summed E-state index contributed by atoms with van der Waals surface area (Å²) in [4.78, 5) is 6.58. The van der Waals surface area contributed by atoms with Crippen molar-refractivity contribution in [2.75, 3.05) is 7.05 Å². The molecular weight excluding hydrogens is 296 g/mol. The predicted molar refractivity (Wildman–Crippen MR) is 93.5 cm³/mol. The van der Waals surface area contributed by atoms with E-state index < -0.39 is 0 Å². The van der Waals surface area contributed by atoms with E-state index in [1.807, 2.05) is 24.4 Å². The Morgan fingerprint density at radius 2 is 1.62 bits per heavy atom. The van der Waals surface area contributed by atoms with E-state index in [2.05, 4.69) is 53.3 Å². The summed E-state index contributed by atoms with van der Waals surface area (Å²) >= 11 is 0. The van der Waals surface area contributed by atoms with Crippen LogP contribution in [0.3, 0.4) is 0 Å². The standard InChI is InChI=1S/C20H22N4/c1-24(16-20-4-2-3-13-23-20)15-19-7-5-17(6-8-19)14-18(9-11-21)10-12-22/h2-8,13,18H,9-10,14-16H2,1H3. The van der Waals surface area contributed by atoms with E-state index in [-0.39, 0.29) is 5.92 Å². The van der Waals surface area contributed by atoms with E-state index in [1.165, 1.54) is 11.1 Å². The molecule has 2 rings (SSSR count). The molecule has 0 saturated carbocycles. The first kappa shape index (κ1) is 17.7. The molecule has 2 aromatic rings. The lowest BCUT2D eigenvalue weighted by Crippen LogP contribution is -2.17. The average molecular weight is 318 g/mol. The molecule has 0 N–H and O–H groups in total. The topological polar surface area (TPSA) is 63.7 Å². The largest absolute Gasteiger partial charge is 0.296 e. The highest BCUT2D eigenvalue weighted by Gasteiger charge is 2.09. The summed E-state index contributed by atoms with van der Waals surface area (Å²) in [7, 11) is 2.08. The van der Waals surface area contributed by atoms with Crippen LogP contribution in [0.2, 0.25) is 0 Å². The molecule has 0 saturated heterocycles. The highest BCUT2D eigenvalue weighted by Crippen LogP contribution is 2.16. The highest BCUT2D eigenvalue weighted by molar-refractivity contribution is 5.23. The van der Waals surface area contributed by atoms with Crippen molar-refractivity contribution in [1.82, 2.24) is 9.88 Å². The van der Waals surface area contributed by atoms with Gasteiger partial charge in [-0.1, -0.05) is 30.3 Å². The van der Waals surface area contributed by atoms with Gasteiger partial charge in [0.2, 0.25) is 0 Å². The van der Waals surface area contributed by atoms with Crippen molar-refractivity contribution in [2.24, 2.45) is 5.92 Å². The second kappa shape index (κ2) is 9.45. The SMILES string of the molecule is CN(Cc1ccc(CC(CC#N)CC#N)cc1)Cc1ccccn1. The van der Waals surface area contributed by atoms with Gasteiger partial charge in [0.05, 0.1) is 17.8 Å². The van der Waals surface area contributed by atoms with Crippen LogP contribution >= 0.6 is 0 Å². The normalized spacial score (nSPS) is 10.5. The molecule has 1 aromatic heterocycles. The van der Waals surface area contributed by atoms with Gasteiger partial charge in [0.25, 0.3) is 0 Å². The molecule has 0 radical (unpaired) electrons. The van der Waals surface area contributed by atoms with E-state index in [0.29, 0.717) is 12.8 Å². The molecule has 0 aliphatic rings.